The van der Waals surface area contributed by atoms with Crippen LogP contribution in [0.1, 0.15) is 19.8 Å². The Bertz CT molecular complexity index is 389. The number of para-hydroxylation sites is 1. The number of carbonyl (C=O) groups excluding carboxylic acids is 1. The molecule has 2 rings (SSSR count). The molecule has 0 aromatic heterocycles. The third-order valence-electron chi connectivity index (χ3n) is 2.82. The first-order chi connectivity index (χ1) is 8.31. The highest BCUT2D eigenvalue weighted by molar-refractivity contribution is 7.99. The number of hydrogen-bond acceptors (Lipinski definition) is 3. The predicted molar refractivity (Wildman–Crippen MR) is 72.5 cm³/mol. The zero-order valence-corrected chi connectivity index (χ0v) is 10.8. The van der Waals surface area contributed by atoms with Gasteiger partial charge in [0.1, 0.15) is 0 Å². The summed E-state index contributed by atoms with van der Waals surface area (Å²) in [5.41, 5.74) is 0.929. The standard InChI is InChI=1S/C13H18N2OS/c1-2-17-12-8-4-3-6-10(12)15-13(16)11-7-5-9-14-11/h3-4,6,8,11,14H,2,5,7,9H2,1H3,(H,15,16)/t11-/m0/s1. The van der Waals surface area contributed by atoms with Gasteiger partial charge in [0, 0.05) is 4.90 Å². The molecular weight excluding hydrogens is 232 g/mol. The summed E-state index contributed by atoms with van der Waals surface area (Å²) in [6, 6.07) is 7.95. The molecule has 2 N–H and O–H groups in total. The third-order valence-corrected chi connectivity index (χ3v) is 3.78. The van der Waals surface area contributed by atoms with Crippen molar-refractivity contribution in [2.75, 3.05) is 17.6 Å². The second-order valence-electron chi connectivity index (χ2n) is 4.07. The lowest BCUT2D eigenvalue weighted by Gasteiger charge is -2.13. The van der Waals surface area contributed by atoms with E-state index in [1.807, 2.05) is 24.3 Å². The molecule has 0 saturated carbocycles. The van der Waals surface area contributed by atoms with Crippen molar-refractivity contribution < 1.29 is 4.79 Å². The molecule has 92 valence electrons. The van der Waals surface area contributed by atoms with Crippen LogP contribution in [0.5, 0.6) is 0 Å². The van der Waals surface area contributed by atoms with E-state index in [0.29, 0.717) is 0 Å². The van der Waals surface area contributed by atoms with Gasteiger partial charge in [-0.1, -0.05) is 19.1 Å². The highest BCUT2D eigenvalue weighted by Crippen LogP contribution is 2.26. The minimum absolute atomic E-state index is 0.0188. The minimum atomic E-state index is -0.0188. The molecule has 1 aliphatic rings. The monoisotopic (exact) mass is 250 g/mol. The first kappa shape index (κ1) is 12.5. The molecule has 1 fully saturated rings. The molecule has 1 atom stereocenters. The highest BCUT2D eigenvalue weighted by atomic mass is 32.2. The van der Waals surface area contributed by atoms with Crippen molar-refractivity contribution in [3.8, 4) is 0 Å². The van der Waals surface area contributed by atoms with Crippen molar-refractivity contribution in [3.63, 3.8) is 0 Å². The average molecular weight is 250 g/mol. The molecule has 1 saturated heterocycles. The number of amides is 1. The van der Waals surface area contributed by atoms with Gasteiger partial charge in [-0.15, -0.1) is 11.8 Å². The number of rotatable bonds is 4. The summed E-state index contributed by atoms with van der Waals surface area (Å²) in [5, 5.41) is 6.22. The normalized spacial score (nSPS) is 19.2. The van der Waals surface area contributed by atoms with Crippen LogP contribution < -0.4 is 10.6 Å². The fraction of sp³-hybridized carbons (Fsp3) is 0.462. The largest absolute Gasteiger partial charge is 0.324 e. The van der Waals surface area contributed by atoms with Crippen LogP contribution in [0.15, 0.2) is 29.2 Å². The topological polar surface area (TPSA) is 41.1 Å². The van der Waals surface area contributed by atoms with E-state index in [-0.39, 0.29) is 11.9 Å². The van der Waals surface area contributed by atoms with Crippen LogP contribution in [0.2, 0.25) is 0 Å². The van der Waals surface area contributed by atoms with Crippen molar-refractivity contribution >= 4 is 23.4 Å². The molecule has 1 aromatic carbocycles. The molecule has 0 spiro atoms. The molecule has 0 radical (unpaired) electrons. The fourth-order valence-corrected chi connectivity index (χ4v) is 2.74. The molecule has 1 aliphatic heterocycles. The van der Waals surface area contributed by atoms with Crippen LogP contribution in [-0.2, 0) is 4.79 Å². The Labute approximate surface area is 106 Å². The zero-order valence-electron chi connectivity index (χ0n) is 10.0. The first-order valence-corrected chi connectivity index (χ1v) is 7.06. The van der Waals surface area contributed by atoms with Crippen molar-refractivity contribution in [2.24, 2.45) is 0 Å². The number of anilines is 1. The van der Waals surface area contributed by atoms with Gasteiger partial charge in [0.2, 0.25) is 5.91 Å². The summed E-state index contributed by atoms with van der Waals surface area (Å²) in [6.07, 6.45) is 2.03. The van der Waals surface area contributed by atoms with Crippen LogP contribution in [-0.4, -0.2) is 24.2 Å². The predicted octanol–water partition coefficient (Wildman–Crippen LogP) is 2.49. The first-order valence-electron chi connectivity index (χ1n) is 6.07. The van der Waals surface area contributed by atoms with E-state index in [9.17, 15) is 4.79 Å². The summed E-state index contributed by atoms with van der Waals surface area (Å²) in [6.45, 7) is 3.06. The molecule has 1 aromatic rings. The molecular formula is C13H18N2OS. The molecule has 1 amide bonds. The molecule has 0 aliphatic carbocycles. The van der Waals surface area contributed by atoms with E-state index in [2.05, 4.69) is 17.6 Å². The van der Waals surface area contributed by atoms with Gasteiger partial charge in [-0.25, -0.2) is 0 Å². The van der Waals surface area contributed by atoms with Crippen molar-refractivity contribution in [3.05, 3.63) is 24.3 Å². The number of hydrogen-bond donors (Lipinski definition) is 2. The molecule has 1 heterocycles. The van der Waals surface area contributed by atoms with E-state index in [1.165, 1.54) is 0 Å². The van der Waals surface area contributed by atoms with Crippen LogP contribution in [0, 0.1) is 0 Å². The lowest BCUT2D eigenvalue weighted by Crippen LogP contribution is -2.35. The average Bonchev–Trinajstić information content (AvgIpc) is 2.85. The third kappa shape index (κ3) is 3.23. The van der Waals surface area contributed by atoms with E-state index < -0.39 is 0 Å². The van der Waals surface area contributed by atoms with Gasteiger partial charge in [-0.05, 0) is 37.3 Å². The summed E-state index contributed by atoms with van der Waals surface area (Å²) in [4.78, 5) is 13.1. The van der Waals surface area contributed by atoms with Gasteiger partial charge in [0.15, 0.2) is 0 Å². The van der Waals surface area contributed by atoms with Gasteiger partial charge in [-0.2, -0.15) is 0 Å². The van der Waals surface area contributed by atoms with E-state index in [1.54, 1.807) is 11.8 Å². The van der Waals surface area contributed by atoms with Crippen LogP contribution in [0.25, 0.3) is 0 Å². The van der Waals surface area contributed by atoms with E-state index in [0.717, 1.165) is 35.7 Å². The summed E-state index contributed by atoms with van der Waals surface area (Å²) >= 11 is 1.75. The minimum Gasteiger partial charge on any atom is -0.324 e. The van der Waals surface area contributed by atoms with Gasteiger partial charge >= 0.3 is 0 Å². The second kappa shape index (κ2) is 6.07. The van der Waals surface area contributed by atoms with Gasteiger partial charge in [0.25, 0.3) is 0 Å². The number of nitrogens with one attached hydrogen (secondary N) is 2. The Morgan fingerprint density at radius 3 is 3.06 bits per heavy atom. The smallest absolute Gasteiger partial charge is 0.241 e. The summed E-state index contributed by atoms with van der Waals surface area (Å²) in [5.74, 6) is 1.10. The molecule has 0 bridgehead atoms. The Balaban J connectivity index is 2.04. The fourth-order valence-electron chi connectivity index (χ4n) is 1.98. The van der Waals surface area contributed by atoms with Gasteiger partial charge in [-0.3, -0.25) is 4.79 Å². The summed E-state index contributed by atoms with van der Waals surface area (Å²) < 4.78 is 0. The van der Waals surface area contributed by atoms with Crippen molar-refractivity contribution in [2.45, 2.75) is 30.7 Å². The molecule has 0 unspecified atom stereocenters. The maximum absolute atomic E-state index is 12.0. The quantitative estimate of drug-likeness (QED) is 0.807. The Morgan fingerprint density at radius 2 is 2.35 bits per heavy atom. The summed E-state index contributed by atoms with van der Waals surface area (Å²) in [7, 11) is 0. The lowest BCUT2D eigenvalue weighted by molar-refractivity contribution is -0.117. The Hall–Kier alpha value is -1.00. The van der Waals surface area contributed by atoms with Crippen molar-refractivity contribution in [1.82, 2.24) is 5.32 Å². The van der Waals surface area contributed by atoms with Gasteiger partial charge < -0.3 is 10.6 Å². The van der Waals surface area contributed by atoms with Crippen LogP contribution in [0.3, 0.4) is 0 Å². The molecule has 3 nitrogen and oxygen atoms in total. The number of carbonyl (C=O) groups is 1. The van der Waals surface area contributed by atoms with E-state index in [4.69, 9.17) is 0 Å². The Kier molecular flexibility index (Phi) is 4.45. The maximum Gasteiger partial charge on any atom is 0.241 e. The number of thioether (sulfide) groups is 1. The molecule has 17 heavy (non-hydrogen) atoms. The van der Waals surface area contributed by atoms with E-state index >= 15 is 0 Å². The van der Waals surface area contributed by atoms with Gasteiger partial charge in [0.05, 0.1) is 11.7 Å². The van der Waals surface area contributed by atoms with Crippen LogP contribution >= 0.6 is 11.8 Å². The van der Waals surface area contributed by atoms with Crippen LogP contribution in [0.4, 0.5) is 5.69 Å². The SMILES string of the molecule is CCSc1ccccc1NC(=O)[C@@H]1CCCN1. The lowest BCUT2D eigenvalue weighted by atomic mass is 10.2. The number of benzene rings is 1. The zero-order chi connectivity index (χ0) is 12.1. The van der Waals surface area contributed by atoms with Crippen molar-refractivity contribution in [1.29, 1.82) is 0 Å². The highest BCUT2D eigenvalue weighted by Gasteiger charge is 2.22. The Morgan fingerprint density at radius 1 is 1.53 bits per heavy atom. The maximum atomic E-state index is 12.0. The molecule has 4 heteroatoms. The second-order valence-corrected chi connectivity index (χ2v) is 5.37.